The molecule has 1 aromatic heterocycles. The fraction of sp³-hybridized carbons (Fsp3) is 0.133. The molecule has 1 N–H and O–H groups in total. The first-order chi connectivity index (χ1) is 9.17. The monoisotopic (exact) mass is 253 g/mol. The van der Waals surface area contributed by atoms with E-state index in [4.69, 9.17) is 11.7 Å². The van der Waals surface area contributed by atoms with Crippen molar-refractivity contribution in [1.82, 2.24) is 0 Å². The van der Waals surface area contributed by atoms with Crippen LogP contribution in [0.15, 0.2) is 42.1 Å². The number of hydrogen-bond acceptors (Lipinski definition) is 1. The molecule has 0 atom stereocenters. The van der Waals surface area contributed by atoms with E-state index in [1.165, 1.54) is 6.08 Å². The van der Waals surface area contributed by atoms with Gasteiger partial charge in [-0.1, -0.05) is 12.1 Å². The summed E-state index contributed by atoms with van der Waals surface area (Å²) < 4.78 is 1.99. The van der Waals surface area contributed by atoms with Gasteiger partial charge in [0.1, 0.15) is 6.54 Å². The van der Waals surface area contributed by atoms with Gasteiger partial charge in [-0.15, -0.1) is 0 Å². The molecule has 19 heavy (non-hydrogen) atoms. The second-order valence-electron chi connectivity index (χ2n) is 4.01. The van der Waals surface area contributed by atoms with Gasteiger partial charge in [0, 0.05) is 23.6 Å². The van der Waals surface area contributed by atoms with Crippen molar-refractivity contribution in [3.05, 3.63) is 59.2 Å². The van der Waals surface area contributed by atoms with E-state index < -0.39 is 5.97 Å². The van der Waals surface area contributed by atoms with Crippen molar-refractivity contribution in [2.75, 3.05) is 0 Å². The minimum Gasteiger partial charge on any atom is -0.486 e. The van der Waals surface area contributed by atoms with Gasteiger partial charge in [-0.2, -0.15) is 4.57 Å². The maximum atomic E-state index is 10.9. The van der Waals surface area contributed by atoms with Crippen molar-refractivity contribution in [1.29, 1.82) is 0 Å². The molecule has 0 aliphatic rings. The van der Waals surface area contributed by atoms with E-state index in [2.05, 4.69) is 4.85 Å². The van der Waals surface area contributed by atoms with Crippen LogP contribution in [-0.4, -0.2) is 11.1 Å². The maximum absolute atomic E-state index is 10.9. The number of para-hydroxylation sites is 1. The summed E-state index contributed by atoms with van der Waals surface area (Å²) in [4.78, 5) is 13.9. The first-order valence-corrected chi connectivity index (χ1v) is 5.91. The average Bonchev–Trinajstić information content (AvgIpc) is 2.43. The van der Waals surface area contributed by atoms with Crippen LogP contribution < -0.4 is 4.57 Å². The van der Waals surface area contributed by atoms with Gasteiger partial charge in [-0.05, 0) is 19.1 Å². The van der Waals surface area contributed by atoms with Crippen LogP contribution in [0.25, 0.3) is 21.8 Å². The van der Waals surface area contributed by atoms with Gasteiger partial charge in [-0.25, -0.2) is 4.85 Å². The quantitative estimate of drug-likeness (QED) is 0.519. The van der Waals surface area contributed by atoms with Crippen molar-refractivity contribution in [3.63, 3.8) is 0 Å². The smallest absolute Gasteiger partial charge is 0.334 e. The predicted molar refractivity (Wildman–Crippen MR) is 72.0 cm³/mol. The third-order valence-corrected chi connectivity index (χ3v) is 2.91. The molecule has 0 aliphatic heterocycles. The molecule has 0 aliphatic carbocycles. The second kappa shape index (κ2) is 5.32. The van der Waals surface area contributed by atoms with Gasteiger partial charge in [0.15, 0.2) is 5.69 Å². The Hall–Kier alpha value is -2.67. The number of carboxylic acids is 1. The molecule has 4 heteroatoms. The summed E-state index contributed by atoms with van der Waals surface area (Å²) in [6, 6.07) is 11.6. The minimum atomic E-state index is -1.20. The number of fused-ring (bicyclic) bond motifs is 1. The summed E-state index contributed by atoms with van der Waals surface area (Å²) in [5.41, 5.74) is 1.46. The van der Waals surface area contributed by atoms with Crippen LogP contribution in [0.4, 0.5) is 0 Å². The highest BCUT2D eigenvalue weighted by atomic mass is 16.4. The predicted octanol–water partition coefficient (Wildman–Crippen LogP) is 2.49. The van der Waals surface area contributed by atoms with Crippen LogP contribution in [0, 0.1) is 6.57 Å². The SMILES string of the molecule is [C-]#[N+]C(=Cc1ccc2ccccc2[n+]1CC)C(=O)O. The van der Waals surface area contributed by atoms with Crippen LogP contribution in [0.2, 0.25) is 0 Å². The van der Waals surface area contributed by atoms with E-state index in [9.17, 15) is 4.79 Å². The number of aliphatic carboxylic acids is 1. The Morgan fingerprint density at radius 3 is 2.74 bits per heavy atom. The standard InChI is InChI=1S/C15H12N2O2/c1-3-17-12(10-13(16-2)15(18)19)9-8-11-6-4-5-7-14(11)17/h4-10H,3H2,1H3/p+1. The van der Waals surface area contributed by atoms with Crippen LogP contribution in [0.5, 0.6) is 0 Å². The lowest BCUT2D eigenvalue weighted by atomic mass is 10.1. The van der Waals surface area contributed by atoms with Crippen molar-refractivity contribution in [3.8, 4) is 0 Å². The molecule has 0 fully saturated rings. The zero-order chi connectivity index (χ0) is 13.8. The number of pyridine rings is 1. The third kappa shape index (κ3) is 2.45. The molecule has 0 radical (unpaired) electrons. The molecule has 4 nitrogen and oxygen atoms in total. The number of aromatic nitrogens is 1. The summed E-state index contributed by atoms with van der Waals surface area (Å²) in [5.74, 6) is -1.20. The van der Waals surface area contributed by atoms with Crippen LogP contribution in [-0.2, 0) is 11.3 Å². The highest BCUT2D eigenvalue weighted by Crippen LogP contribution is 2.13. The molecule has 0 saturated heterocycles. The van der Waals surface area contributed by atoms with Crippen molar-refractivity contribution >= 4 is 22.9 Å². The van der Waals surface area contributed by atoms with Crippen LogP contribution in [0.3, 0.4) is 0 Å². The van der Waals surface area contributed by atoms with Gasteiger partial charge in [-0.3, -0.25) is 4.79 Å². The molecule has 94 valence electrons. The topological polar surface area (TPSA) is 45.5 Å². The molecule has 0 saturated carbocycles. The van der Waals surface area contributed by atoms with Gasteiger partial charge in [0.25, 0.3) is 5.70 Å². The lowest BCUT2D eigenvalue weighted by Crippen LogP contribution is -2.36. The highest BCUT2D eigenvalue weighted by Gasteiger charge is 2.15. The van der Waals surface area contributed by atoms with E-state index >= 15 is 0 Å². The normalized spacial score (nSPS) is 11.3. The Labute approximate surface area is 111 Å². The number of nitrogens with zero attached hydrogens (tertiary/aromatic N) is 2. The molecular formula is C15H13N2O2+. The van der Waals surface area contributed by atoms with Crippen molar-refractivity contribution < 1.29 is 14.5 Å². The second-order valence-corrected chi connectivity index (χ2v) is 4.01. The van der Waals surface area contributed by atoms with E-state index in [0.29, 0.717) is 6.54 Å². The summed E-state index contributed by atoms with van der Waals surface area (Å²) in [7, 11) is 0. The number of aryl methyl sites for hydroxylation is 1. The largest absolute Gasteiger partial charge is 0.486 e. The van der Waals surface area contributed by atoms with Gasteiger partial charge in [0.2, 0.25) is 5.52 Å². The number of hydrogen-bond donors (Lipinski definition) is 1. The Kier molecular flexibility index (Phi) is 3.58. The summed E-state index contributed by atoms with van der Waals surface area (Å²) >= 11 is 0. The maximum Gasteiger partial charge on any atom is 0.334 e. The molecular weight excluding hydrogens is 240 g/mol. The lowest BCUT2D eigenvalue weighted by molar-refractivity contribution is -0.669. The first kappa shape index (κ1) is 12.8. The van der Waals surface area contributed by atoms with E-state index in [-0.39, 0.29) is 5.70 Å². The highest BCUT2D eigenvalue weighted by molar-refractivity contribution is 5.93. The molecule has 2 aromatic rings. The number of carbonyl (C=O) groups is 1. The lowest BCUT2D eigenvalue weighted by Gasteiger charge is -2.02. The summed E-state index contributed by atoms with van der Waals surface area (Å²) in [5, 5.41) is 10.0. The van der Waals surface area contributed by atoms with Gasteiger partial charge >= 0.3 is 5.97 Å². The molecule has 1 aromatic carbocycles. The first-order valence-electron chi connectivity index (χ1n) is 5.91. The van der Waals surface area contributed by atoms with Crippen LogP contribution in [0.1, 0.15) is 12.6 Å². The van der Waals surface area contributed by atoms with Crippen LogP contribution >= 0.6 is 0 Å². The fourth-order valence-corrected chi connectivity index (χ4v) is 2.04. The average molecular weight is 253 g/mol. The number of benzene rings is 1. The van der Waals surface area contributed by atoms with Gasteiger partial charge < -0.3 is 5.11 Å². The van der Waals surface area contributed by atoms with E-state index in [1.54, 1.807) is 0 Å². The summed E-state index contributed by atoms with van der Waals surface area (Å²) in [6.07, 6.45) is 1.41. The Morgan fingerprint density at radius 1 is 1.37 bits per heavy atom. The number of rotatable bonds is 3. The molecule has 2 rings (SSSR count). The third-order valence-electron chi connectivity index (χ3n) is 2.91. The molecule has 0 amide bonds. The van der Waals surface area contributed by atoms with Crippen molar-refractivity contribution in [2.45, 2.75) is 13.5 Å². The van der Waals surface area contributed by atoms with E-state index in [1.807, 2.05) is 47.9 Å². The fourth-order valence-electron chi connectivity index (χ4n) is 2.04. The molecule has 0 bridgehead atoms. The summed E-state index contributed by atoms with van der Waals surface area (Å²) in [6.45, 7) is 9.59. The van der Waals surface area contributed by atoms with E-state index in [0.717, 1.165) is 16.6 Å². The van der Waals surface area contributed by atoms with Gasteiger partial charge in [0.05, 0.1) is 6.57 Å². The molecule has 0 unspecified atom stereocenters. The molecule has 0 spiro atoms. The minimum absolute atomic E-state index is 0.280. The zero-order valence-electron chi connectivity index (χ0n) is 10.5. The molecule has 1 heterocycles. The number of carboxylic acid groups (broad SMARTS) is 1. The van der Waals surface area contributed by atoms with Crippen molar-refractivity contribution in [2.24, 2.45) is 0 Å². The Morgan fingerprint density at radius 2 is 2.11 bits per heavy atom. The zero-order valence-corrected chi connectivity index (χ0v) is 10.5. The Balaban J connectivity index is 2.68. The Bertz CT molecular complexity index is 712.